The van der Waals surface area contributed by atoms with Gasteiger partial charge in [0.05, 0.1) is 19.8 Å². The van der Waals surface area contributed by atoms with Crippen LogP contribution in [0.15, 0.2) is 34.8 Å². The summed E-state index contributed by atoms with van der Waals surface area (Å²) in [6.45, 7) is 1.81. The van der Waals surface area contributed by atoms with Crippen molar-refractivity contribution in [2.45, 2.75) is 6.92 Å². The molecule has 116 valence electrons. The third-order valence-electron chi connectivity index (χ3n) is 3.15. The lowest BCUT2D eigenvalue weighted by Gasteiger charge is -2.14. The van der Waals surface area contributed by atoms with Crippen LogP contribution in [0.2, 0.25) is 0 Å². The molecule has 1 N–H and O–H groups in total. The highest BCUT2D eigenvalue weighted by Gasteiger charge is 2.15. The number of rotatable bonds is 4. The van der Waals surface area contributed by atoms with E-state index in [1.807, 2.05) is 6.92 Å². The number of nitrogens with one attached hydrogen (secondary N) is 1. The Bertz CT molecular complexity index is 719. The fourth-order valence-corrected chi connectivity index (χ4v) is 2.31. The highest BCUT2D eigenvalue weighted by Crippen LogP contribution is 2.33. The van der Waals surface area contributed by atoms with E-state index in [0.29, 0.717) is 21.7 Å². The van der Waals surface area contributed by atoms with Crippen molar-refractivity contribution >= 4 is 27.5 Å². The van der Waals surface area contributed by atoms with E-state index in [9.17, 15) is 9.18 Å². The number of ether oxygens (including phenoxy) is 2. The van der Waals surface area contributed by atoms with Crippen LogP contribution in [0.4, 0.5) is 10.1 Å². The molecule has 0 aliphatic heterocycles. The van der Waals surface area contributed by atoms with E-state index in [1.54, 1.807) is 18.2 Å². The molecule has 0 aromatic heterocycles. The third-order valence-corrected chi connectivity index (χ3v) is 3.65. The molecule has 2 rings (SSSR count). The lowest BCUT2D eigenvalue weighted by molar-refractivity contribution is 0.102. The minimum atomic E-state index is -0.593. The number of anilines is 1. The van der Waals surface area contributed by atoms with Gasteiger partial charge in [0.15, 0.2) is 11.5 Å². The van der Waals surface area contributed by atoms with Gasteiger partial charge in [0.2, 0.25) is 0 Å². The molecule has 0 aliphatic carbocycles. The van der Waals surface area contributed by atoms with E-state index < -0.39 is 11.7 Å². The van der Waals surface area contributed by atoms with Gasteiger partial charge in [-0.3, -0.25) is 4.79 Å². The lowest BCUT2D eigenvalue weighted by Crippen LogP contribution is -2.14. The Hall–Kier alpha value is -2.08. The number of amides is 1. The summed E-state index contributed by atoms with van der Waals surface area (Å²) in [5.41, 5.74) is 1.28. The number of carbonyl (C=O) groups excluding carboxylic acids is 1. The average molecular weight is 368 g/mol. The number of carbonyl (C=O) groups is 1. The summed E-state index contributed by atoms with van der Waals surface area (Å²) in [7, 11) is 3.04. The van der Waals surface area contributed by atoms with Gasteiger partial charge in [-0.1, -0.05) is 15.9 Å². The molecule has 0 saturated carbocycles. The summed E-state index contributed by atoms with van der Waals surface area (Å²) in [5, 5.41) is 2.68. The molecule has 0 fully saturated rings. The molecule has 2 aromatic rings. The standard InChI is InChI=1S/C16H15BrFNO3/c1-9-6-14(21-2)15(22-3)8-13(9)19-16(20)11-5-4-10(17)7-12(11)18/h4-8H,1-3H3,(H,19,20). The quantitative estimate of drug-likeness (QED) is 0.882. The predicted octanol–water partition coefficient (Wildman–Crippen LogP) is 4.17. The van der Waals surface area contributed by atoms with Gasteiger partial charge in [-0.2, -0.15) is 0 Å². The number of hydrogen-bond acceptors (Lipinski definition) is 3. The summed E-state index contributed by atoms with van der Waals surface area (Å²) in [6.07, 6.45) is 0. The van der Waals surface area contributed by atoms with Gasteiger partial charge in [-0.05, 0) is 36.8 Å². The summed E-state index contributed by atoms with van der Waals surface area (Å²) in [4.78, 5) is 12.2. The Labute approximate surface area is 136 Å². The van der Waals surface area contributed by atoms with Gasteiger partial charge >= 0.3 is 0 Å². The largest absolute Gasteiger partial charge is 0.493 e. The molecule has 0 radical (unpaired) electrons. The minimum Gasteiger partial charge on any atom is -0.493 e. The Morgan fingerprint density at radius 2 is 1.77 bits per heavy atom. The van der Waals surface area contributed by atoms with Crippen LogP contribution in [0, 0.1) is 12.7 Å². The van der Waals surface area contributed by atoms with Crippen LogP contribution in [-0.2, 0) is 0 Å². The molecule has 0 saturated heterocycles. The summed E-state index contributed by atoms with van der Waals surface area (Å²) >= 11 is 3.16. The van der Waals surface area contributed by atoms with Gasteiger partial charge in [0, 0.05) is 16.2 Å². The highest BCUT2D eigenvalue weighted by atomic mass is 79.9. The first-order valence-corrected chi connectivity index (χ1v) is 7.24. The lowest BCUT2D eigenvalue weighted by atomic mass is 10.1. The number of methoxy groups -OCH3 is 2. The molecular formula is C16H15BrFNO3. The zero-order chi connectivity index (χ0) is 16.3. The number of benzene rings is 2. The van der Waals surface area contributed by atoms with Crippen LogP contribution in [0.1, 0.15) is 15.9 Å². The Morgan fingerprint density at radius 1 is 1.14 bits per heavy atom. The van der Waals surface area contributed by atoms with Crippen molar-refractivity contribution in [2.24, 2.45) is 0 Å². The van der Waals surface area contributed by atoms with Gasteiger partial charge in [0.25, 0.3) is 5.91 Å². The molecule has 22 heavy (non-hydrogen) atoms. The number of hydrogen-bond donors (Lipinski definition) is 1. The molecule has 2 aromatic carbocycles. The molecule has 6 heteroatoms. The summed E-state index contributed by atoms with van der Waals surface area (Å²) in [6, 6.07) is 7.66. The molecule has 0 heterocycles. The van der Waals surface area contributed by atoms with Crippen molar-refractivity contribution in [1.82, 2.24) is 0 Å². The first kappa shape index (κ1) is 16.3. The molecule has 0 atom stereocenters. The number of halogens is 2. The maximum atomic E-state index is 13.8. The topological polar surface area (TPSA) is 47.6 Å². The third kappa shape index (κ3) is 3.39. The van der Waals surface area contributed by atoms with E-state index >= 15 is 0 Å². The summed E-state index contributed by atoms with van der Waals surface area (Å²) in [5.74, 6) is -0.0715. The first-order valence-electron chi connectivity index (χ1n) is 6.45. The fourth-order valence-electron chi connectivity index (χ4n) is 1.98. The number of aryl methyl sites for hydroxylation is 1. The fraction of sp³-hybridized carbons (Fsp3) is 0.188. The van der Waals surface area contributed by atoms with Gasteiger partial charge in [-0.15, -0.1) is 0 Å². The van der Waals surface area contributed by atoms with Crippen molar-refractivity contribution in [3.63, 3.8) is 0 Å². The maximum Gasteiger partial charge on any atom is 0.258 e. The summed E-state index contributed by atoms with van der Waals surface area (Å²) < 4.78 is 24.8. The van der Waals surface area contributed by atoms with Crippen LogP contribution in [0.3, 0.4) is 0 Å². The second kappa shape index (κ2) is 6.79. The molecule has 0 unspecified atom stereocenters. The van der Waals surface area contributed by atoms with Crippen LogP contribution in [0.5, 0.6) is 11.5 Å². The van der Waals surface area contributed by atoms with E-state index in [4.69, 9.17) is 9.47 Å². The second-order valence-corrected chi connectivity index (χ2v) is 5.52. The normalized spacial score (nSPS) is 10.2. The molecular weight excluding hydrogens is 353 g/mol. The first-order chi connectivity index (χ1) is 10.5. The van der Waals surface area contributed by atoms with E-state index in [2.05, 4.69) is 21.2 Å². The Kier molecular flexibility index (Phi) is 5.03. The van der Waals surface area contributed by atoms with Crippen molar-refractivity contribution in [1.29, 1.82) is 0 Å². The zero-order valence-electron chi connectivity index (χ0n) is 12.4. The van der Waals surface area contributed by atoms with E-state index in [1.165, 1.54) is 26.4 Å². The predicted molar refractivity (Wildman–Crippen MR) is 86.3 cm³/mol. The minimum absolute atomic E-state index is 0.0302. The maximum absolute atomic E-state index is 13.8. The van der Waals surface area contributed by atoms with E-state index in [-0.39, 0.29) is 5.56 Å². The van der Waals surface area contributed by atoms with Crippen molar-refractivity contribution in [3.8, 4) is 11.5 Å². The zero-order valence-corrected chi connectivity index (χ0v) is 14.0. The molecule has 1 amide bonds. The molecule has 0 bridgehead atoms. The van der Waals surface area contributed by atoms with Crippen LogP contribution >= 0.6 is 15.9 Å². The van der Waals surface area contributed by atoms with Crippen molar-refractivity contribution < 1.29 is 18.7 Å². The molecule has 0 aliphatic rings. The monoisotopic (exact) mass is 367 g/mol. The molecule has 0 spiro atoms. The Balaban J connectivity index is 2.32. The van der Waals surface area contributed by atoms with Gasteiger partial charge in [-0.25, -0.2) is 4.39 Å². The van der Waals surface area contributed by atoms with Gasteiger partial charge in [0.1, 0.15) is 5.82 Å². The second-order valence-electron chi connectivity index (χ2n) is 4.60. The van der Waals surface area contributed by atoms with Crippen LogP contribution < -0.4 is 14.8 Å². The van der Waals surface area contributed by atoms with Crippen LogP contribution in [0.25, 0.3) is 0 Å². The van der Waals surface area contributed by atoms with E-state index in [0.717, 1.165) is 5.56 Å². The average Bonchev–Trinajstić information content (AvgIpc) is 2.48. The molecule has 4 nitrogen and oxygen atoms in total. The smallest absolute Gasteiger partial charge is 0.258 e. The van der Waals surface area contributed by atoms with Crippen molar-refractivity contribution in [2.75, 3.05) is 19.5 Å². The van der Waals surface area contributed by atoms with Crippen molar-refractivity contribution in [3.05, 3.63) is 51.7 Å². The van der Waals surface area contributed by atoms with Crippen LogP contribution in [-0.4, -0.2) is 20.1 Å². The van der Waals surface area contributed by atoms with Gasteiger partial charge < -0.3 is 14.8 Å². The SMILES string of the molecule is COc1cc(C)c(NC(=O)c2ccc(Br)cc2F)cc1OC. The highest BCUT2D eigenvalue weighted by molar-refractivity contribution is 9.10. The Morgan fingerprint density at radius 3 is 2.36 bits per heavy atom.